The van der Waals surface area contributed by atoms with Crippen LogP contribution in [0.25, 0.3) is 66.5 Å². The number of anilines is 6. The van der Waals surface area contributed by atoms with E-state index in [4.69, 9.17) is 66.2 Å². The van der Waals surface area contributed by atoms with Gasteiger partial charge in [0.05, 0.1) is 65.5 Å². The minimum absolute atomic E-state index is 0.0690. The van der Waals surface area contributed by atoms with Crippen molar-refractivity contribution in [3.05, 3.63) is 140 Å². The van der Waals surface area contributed by atoms with Gasteiger partial charge < -0.3 is 70.6 Å². The summed E-state index contributed by atoms with van der Waals surface area (Å²) < 4.78 is 222. The molecule has 0 radical (unpaired) electrons. The molecular formula is C88H96Cl3F14N21O6. The fraction of sp³-hybridized carbons (Fsp3) is 0.455. The van der Waals surface area contributed by atoms with Crippen LogP contribution in [-0.4, -0.2) is 248 Å². The number of carbonyl (C=O) groups is 3. The maximum atomic E-state index is 16.6. The number of ether oxygens (including phenoxy) is 3. The van der Waals surface area contributed by atoms with Gasteiger partial charge in [-0.05, 0) is 173 Å². The zero-order valence-electron chi connectivity index (χ0n) is 73.5. The number of amides is 3. The lowest BCUT2D eigenvalue weighted by molar-refractivity contribution is -0.138. The number of hydrogen-bond donors (Lipinski definition) is 3. The first kappa shape index (κ1) is 98.2. The van der Waals surface area contributed by atoms with Gasteiger partial charge in [-0.1, -0.05) is 61.5 Å². The molecule has 6 aliphatic heterocycles. The van der Waals surface area contributed by atoms with Crippen molar-refractivity contribution >= 4 is 120 Å². The number of aryl methyl sites for hydroxylation is 3. The van der Waals surface area contributed by atoms with Crippen LogP contribution in [0.4, 0.5) is 96.4 Å². The Hall–Kier alpha value is -11.3. The third-order valence-corrected chi connectivity index (χ3v) is 25.4. The molecule has 6 fully saturated rings. The largest absolute Gasteiger partial charge is 0.462 e. The summed E-state index contributed by atoms with van der Waals surface area (Å²) in [5.74, 6) is -7.03. The first-order valence-electron chi connectivity index (χ1n) is 42.1. The van der Waals surface area contributed by atoms with Crippen molar-refractivity contribution < 1.29 is 90.1 Å². The second kappa shape index (κ2) is 39.1. The number of alkyl halides is 9. The molecule has 0 bridgehead atoms. The Balaban J connectivity index is 0.000000168. The van der Waals surface area contributed by atoms with Gasteiger partial charge in [-0.15, -0.1) is 0 Å². The van der Waals surface area contributed by atoms with Crippen LogP contribution >= 0.6 is 34.8 Å². The third-order valence-electron chi connectivity index (χ3n) is 24.5. The van der Waals surface area contributed by atoms with E-state index >= 15 is 13.2 Å². The highest BCUT2D eigenvalue weighted by molar-refractivity contribution is 6.35. The summed E-state index contributed by atoms with van der Waals surface area (Å²) in [6.07, 6.45) is -8.80. The van der Waals surface area contributed by atoms with Crippen LogP contribution in [0.3, 0.4) is 0 Å². The first-order chi connectivity index (χ1) is 62.0. The van der Waals surface area contributed by atoms with Gasteiger partial charge in [0.15, 0.2) is 29.1 Å². The average molecular weight is 1920 g/mol. The topological polar surface area (TPSA) is 302 Å². The standard InChI is InChI=1S/C30H34ClF4N7O2.2C29H31ClF5N7O2/c1-6-22(43)41-7-8-42(17(4)13-41)28-19-11-20(31)23(27-24(30(33,34)35)16(3)10-21(36)37-27)25(32)26(19)38-29(39-28)44-14-18-9-15(2)12-40(18)5;2*1-14-10-20(36)37-25(22(14)29(33,34)35)21-19(30)11-18-24(23(21)32)38-28(44-13-17-6-5-7-40(17)4)39-26(18)42-9-8-41(12-15(42)2)27(43)16(3)31/h6,10-11,15,17-18H,1,7-9,12-14H2,2-5H3,(H2,36,37);2*10-11,15,17H,3,5-9,12-13H2,1-2,4H3,(H2,36,37)/t;2*15-,17-/m.00/s1. The summed E-state index contributed by atoms with van der Waals surface area (Å²) in [6.45, 7) is 26.0. The SMILES string of the molecule is C=C(F)C(=O)N1CCN(c2nc(OC[C@@H]3CCCN3C)nc3c(F)c(-c4nc(N)cc(C)c4C(F)(F)F)c(Cl)cc23)[C@@H](C)C1.C=C(F)C(=O)N1CCN(c2nc(OC[C@@H]3CCCN3C)nc3c(F)c(-c4nc(N)cc(C)c4C(F)(F)F)c(Cl)cc23)[C@@H](C)C1.C=CC(=O)N1CCN(c2nc(OCC3CC(C)CN3C)nc3c(F)c(-c4nc(N)cc(C)c4C(F)(F)F)c(Cl)cc23)C(C)C1. The molecule has 15 rings (SSSR count). The van der Waals surface area contributed by atoms with E-state index in [1.54, 1.807) is 28.5 Å². The van der Waals surface area contributed by atoms with Crippen molar-refractivity contribution in [3.63, 3.8) is 0 Å². The Kier molecular flexibility index (Phi) is 29.1. The Labute approximate surface area is 764 Å². The molecule has 0 spiro atoms. The van der Waals surface area contributed by atoms with Crippen molar-refractivity contribution in [2.75, 3.05) is 151 Å². The van der Waals surface area contributed by atoms with E-state index in [1.165, 1.54) is 54.8 Å². The van der Waals surface area contributed by atoms with Gasteiger partial charge in [-0.3, -0.25) is 19.3 Å². The van der Waals surface area contributed by atoms with Gasteiger partial charge in [0.1, 0.15) is 71.3 Å². The lowest BCUT2D eigenvalue weighted by Crippen LogP contribution is -2.54. The van der Waals surface area contributed by atoms with Crippen LogP contribution in [0.1, 0.15) is 93.2 Å². The molecule has 132 heavy (non-hydrogen) atoms. The zero-order valence-corrected chi connectivity index (χ0v) is 75.8. The van der Waals surface area contributed by atoms with Crippen LogP contribution in [0.5, 0.6) is 18.0 Å². The number of piperazine rings is 3. The number of pyridine rings is 3. The number of aromatic nitrogens is 9. The van der Waals surface area contributed by atoms with Crippen molar-refractivity contribution in [3.8, 4) is 51.8 Å². The molecule has 6 saturated heterocycles. The summed E-state index contributed by atoms with van der Waals surface area (Å²) in [7, 11) is 5.90. The number of hydrogen-bond acceptors (Lipinski definition) is 24. The minimum atomic E-state index is -4.89. The number of halogens is 17. The van der Waals surface area contributed by atoms with Gasteiger partial charge in [-0.2, -0.15) is 69.4 Å². The van der Waals surface area contributed by atoms with E-state index < -0.39 is 122 Å². The van der Waals surface area contributed by atoms with Crippen LogP contribution in [0, 0.1) is 44.1 Å². The Morgan fingerprint density at radius 2 is 0.750 bits per heavy atom. The molecule has 7 atom stereocenters. The number of nitrogens with zero attached hydrogens (tertiary/aromatic N) is 18. The Morgan fingerprint density at radius 3 is 1.02 bits per heavy atom. The lowest BCUT2D eigenvalue weighted by atomic mass is 9.99. The molecular weight excluding hydrogens is 1820 g/mol. The lowest BCUT2D eigenvalue weighted by Gasteiger charge is -2.40. The smallest absolute Gasteiger partial charge is 0.418 e. The van der Waals surface area contributed by atoms with E-state index in [9.17, 15) is 62.7 Å². The van der Waals surface area contributed by atoms with E-state index in [0.717, 1.165) is 69.9 Å². The van der Waals surface area contributed by atoms with Gasteiger partial charge in [-0.25, -0.2) is 36.9 Å². The monoisotopic (exact) mass is 1910 g/mol. The molecule has 9 aromatic rings. The predicted molar refractivity (Wildman–Crippen MR) is 475 cm³/mol. The molecule has 3 aromatic carbocycles. The molecule has 3 amide bonds. The quantitative estimate of drug-likeness (QED) is 0.0531. The number of likely N-dealkylation sites (N-methyl/N-ethyl adjacent to an activating group) is 3. The van der Waals surface area contributed by atoms with Crippen molar-refractivity contribution in [2.24, 2.45) is 5.92 Å². The molecule has 27 nitrogen and oxygen atoms in total. The molecule has 12 heterocycles. The number of rotatable bonds is 18. The van der Waals surface area contributed by atoms with Crippen LogP contribution in [-0.2, 0) is 32.9 Å². The molecule has 708 valence electrons. The van der Waals surface area contributed by atoms with E-state index in [1.807, 2.05) is 33.0 Å². The maximum absolute atomic E-state index is 16.6. The van der Waals surface area contributed by atoms with E-state index in [-0.39, 0.29) is 207 Å². The summed E-state index contributed by atoms with van der Waals surface area (Å²) >= 11 is 19.6. The fourth-order valence-corrected chi connectivity index (χ4v) is 18.8. The fourth-order valence-electron chi connectivity index (χ4n) is 18.0. The maximum Gasteiger partial charge on any atom is 0.418 e. The second-order valence-electron chi connectivity index (χ2n) is 33.9. The molecule has 6 N–H and O–H groups in total. The highest BCUT2D eigenvalue weighted by atomic mass is 35.5. The van der Waals surface area contributed by atoms with Crippen LogP contribution < -0.4 is 46.1 Å². The number of likely N-dealkylation sites (tertiary alicyclic amines) is 3. The van der Waals surface area contributed by atoms with Crippen LogP contribution in [0.2, 0.25) is 15.1 Å². The summed E-state index contributed by atoms with van der Waals surface area (Å²) in [4.78, 5) is 91.1. The molecule has 3 unspecified atom stereocenters. The Morgan fingerprint density at radius 1 is 0.447 bits per heavy atom. The number of benzene rings is 3. The zero-order chi connectivity index (χ0) is 96.3. The number of nitrogens with two attached hydrogens (primary N) is 3. The van der Waals surface area contributed by atoms with Crippen molar-refractivity contribution in [2.45, 2.75) is 135 Å². The second-order valence-corrected chi connectivity index (χ2v) is 35.1. The van der Waals surface area contributed by atoms with Gasteiger partial charge in [0, 0.05) is 118 Å². The molecule has 44 heteroatoms. The summed E-state index contributed by atoms with van der Waals surface area (Å²) in [5, 5.41) is -0.640. The molecule has 6 aromatic heterocycles. The average Bonchev–Trinajstić information content (AvgIpc) is 0.923. The van der Waals surface area contributed by atoms with Crippen molar-refractivity contribution in [1.29, 1.82) is 0 Å². The molecule has 6 aliphatic rings. The number of nitrogen functional groups attached to an aromatic ring is 3. The Bertz CT molecular complexity index is 5790. The summed E-state index contributed by atoms with van der Waals surface area (Å²) in [6, 6.07) is 5.68. The third kappa shape index (κ3) is 20.6. The first-order valence-corrected chi connectivity index (χ1v) is 43.3. The summed E-state index contributed by atoms with van der Waals surface area (Å²) in [5.41, 5.74) is 8.18. The number of carbonyl (C=O) groups excluding carboxylic acids is 3. The molecule has 0 aliphatic carbocycles. The van der Waals surface area contributed by atoms with Gasteiger partial charge >= 0.3 is 36.6 Å². The minimum Gasteiger partial charge on any atom is -0.462 e. The predicted octanol–water partition coefficient (Wildman–Crippen LogP) is 16.1. The van der Waals surface area contributed by atoms with Gasteiger partial charge in [0.2, 0.25) is 5.91 Å². The molecule has 0 saturated carbocycles. The van der Waals surface area contributed by atoms with E-state index in [0.29, 0.717) is 25.6 Å². The number of fused-ring (bicyclic) bond motifs is 3. The van der Waals surface area contributed by atoms with Crippen LogP contribution in [0.15, 0.2) is 73.9 Å². The highest BCUT2D eigenvalue weighted by Crippen LogP contribution is 2.50. The van der Waals surface area contributed by atoms with Crippen molar-refractivity contribution in [1.82, 2.24) is 74.3 Å². The normalized spacial score (nSPS) is 20.1. The van der Waals surface area contributed by atoms with E-state index in [2.05, 4.69) is 86.2 Å². The van der Waals surface area contributed by atoms with Gasteiger partial charge in [0.25, 0.3) is 11.8 Å². The highest BCUT2D eigenvalue weighted by Gasteiger charge is 2.45.